The van der Waals surface area contributed by atoms with Crippen LogP contribution in [0.1, 0.15) is 21.6 Å². The van der Waals surface area contributed by atoms with Crippen molar-refractivity contribution in [3.8, 4) is 0 Å². The van der Waals surface area contributed by atoms with Gasteiger partial charge in [0.1, 0.15) is 5.69 Å². The van der Waals surface area contributed by atoms with Crippen molar-refractivity contribution in [3.63, 3.8) is 0 Å². The van der Waals surface area contributed by atoms with Gasteiger partial charge in [-0.25, -0.2) is 13.4 Å². The van der Waals surface area contributed by atoms with Crippen LogP contribution in [0.5, 0.6) is 0 Å². The number of benzene rings is 1. The van der Waals surface area contributed by atoms with E-state index in [1.165, 1.54) is 15.6 Å². The first-order valence-electron chi connectivity index (χ1n) is 7.64. The molecule has 1 saturated heterocycles. The number of hydrogen-bond acceptors (Lipinski definition) is 5. The SMILES string of the molecule is Cc1ccc(S(=O)(=O)N2CCN(C(=O)c3cscn3)CC2)c(C)c1. The zero-order valence-corrected chi connectivity index (χ0v) is 15.2. The number of carbonyl (C=O) groups is 1. The number of aromatic nitrogens is 1. The molecule has 24 heavy (non-hydrogen) atoms. The van der Waals surface area contributed by atoms with Crippen molar-refractivity contribution in [2.24, 2.45) is 0 Å². The molecule has 128 valence electrons. The number of rotatable bonds is 3. The Bertz CT molecular complexity index is 839. The molecule has 0 unspecified atom stereocenters. The number of nitrogens with zero attached hydrogens (tertiary/aromatic N) is 3. The van der Waals surface area contributed by atoms with Crippen molar-refractivity contribution in [2.45, 2.75) is 18.7 Å². The fourth-order valence-corrected chi connectivity index (χ4v) is 4.99. The normalized spacial score (nSPS) is 16.3. The molecule has 3 rings (SSSR count). The number of aryl methyl sites for hydroxylation is 2. The van der Waals surface area contributed by atoms with Crippen molar-refractivity contribution >= 4 is 27.3 Å². The largest absolute Gasteiger partial charge is 0.335 e. The Morgan fingerprint density at radius 2 is 1.88 bits per heavy atom. The molecule has 0 spiro atoms. The number of amides is 1. The molecular weight excluding hydrogens is 346 g/mol. The molecule has 0 atom stereocenters. The molecule has 1 aliphatic heterocycles. The summed E-state index contributed by atoms with van der Waals surface area (Å²) >= 11 is 1.37. The monoisotopic (exact) mass is 365 g/mol. The fourth-order valence-electron chi connectivity index (χ4n) is 2.84. The highest BCUT2D eigenvalue weighted by Crippen LogP contribution is 2.22. The van der Waals surface area contributed by atoms with E-state index >= 15 is 0 Å². The van der Waals surface area contributed by atoms with Crippen LogP contribution in [0.25, 0.3) is 0 Å². The van der Waals surface area contributed by atoms with Gasteiger partial charge in [-0.05, 0) is 25.5 Å². The van der Waals surface area contributed by atoms with Gasteiger partial charge in [-0.2, -0.15) is 4.31 Å². The molecule has 1 aromatic carbocycles. The molecule has 1 fully saturated rings. The number of hydrogen-bond donors (Lipinski definition) is 0. The van der Waals surface area contributed by atoms with Crippen molar-refractivity contribution < 1.29 is 13.2 Å². The van der Waals surface area contributed by atoms with Gasteiger partial charge in [0, 0.05) is 31.6 Å². The zero-order chi connectivity index (χ0) is 17.3. The Morgan fingerprint density at radius 1 is 1.17 bits per heavy atom. The summed E-state index contributed by atoms with van der Waals surface area (Å²) in [6.45, 7) is 5.09. The van der Waals surface area contributed by atoms with E-state index in [2.05, 4.69) is 4.98 Å². The van der Waals surface area contributed by atoms with Gasteiger partial charge in [0.15, 0.2) is 0 Å². The average molecular weight is 365 g/mol. The molecule has 2 heterocycles. The van der Waals surface area contributed by atoms with Gasteiger partial charge in [-0.15, -0.1) is 11.3 Å². The lowest BCUT2D eigenvalue weighted by atomic mass is 10.2. The summed E-state index contributed by atoms with van der Waals surface area (Å²) < 4.78 is 27.1. The van der Waals surface area contributed by atoms with Crippen LogP contribution < -0.4 is 0 Å². The van der Waals surface area contributed by atoms with E-state index in [0.29, 0.717) is 36.8 Å². The van der Waals surface area contributed by atoms with E-state index in [-0.39, 0.29) is 5.91 Å². The second kappa shape index (κ2) is 6.62. The van der Waals surface area contributed by atoms with Crippen LogP contribution in [0, 0.1) is 13.8 Å². The van der Waals surface area contributed by atoms with Gasteiger partial charge in [0.2, 0.25) is 10.0 Å². The van der Waals surface area contributed by atoms with Crippen molar-refractivity contribution in [2.75, 3.05) is 26.2 Å². The van der Waals surface area contributed by atoms with Gasteiger partial charge in [-0.3, -0.25) is 4.79 Å². The smallest absolute Gasteiger partial charge is 0.273 e. The third-order valence-electron chi connectivity index (χ3n) is 4.13. The first kappa shape index (κ1) is 17.1. The molecule has 1 amide bonds. The van der Waals surface area contributed by atoms with E-state index < -0.39 is 10.0 Å². The lowest BCUT2D eigenvalue weighted by Gasteiger charge is -2.34. The quantitative estimate of drug-likeness (QED) is 0.833. The molecule has 6 nitrogen and oxygen atoms in total. The third kappa shape index (κ3) is 3.22. The van der Waals surface area contributed by atoms with Crippen molar-refractivity contribution in [1.82, 2.24) is 14.2 Å². The zero-order valence-electron chi connectivity index (χ0n) is 13.6. The molecule has 1 aromatic heterocycles. The summed E-state index contributed by atoms with van der Waals surface area (Å²) in [5.74, 6) is -0.139. The number of thiazole rings is 1. The number of carbonyl (C=O) groups excluding carboxylic acids is 1. The average Bonchev–Trinajstić information content (AvgIpc) is 3.08. The molecule has 0 bridgehead atoms. The summed E-state index contributed by atoms with van der Waals surface area (Å²) in [5, 5.41) is 1.71. The topological polar surface area (TPSA) is 70.6 Å². The fraction of sp³-hybridized carbons (Fsp3) is 0.375. The third-order valence-corrected chi connectivity index (χ3v) is 6.77. The van der Waals surface area contributed by atoms with Crippen LogP contribution in [-0.4, -0.2) is 54.7 Å². The minimum absolute atomic E-state index is 0.139. The van der Waals surface area contributed by atoms with Crippen LogP contribution in [0.15, 0.2) is 34.0 Å². The standard InChI is InChI=1S/C16H19N3O3S2/c1-12-3-4-15(13(2)9-12)24(21,22)19-7-5-18(6-8-19)16(20)14-10-23-11-17-14/h3-4,9-11H,5-8H2,1-2H3. The van der Waals surface area contributed by atoms with E-state index in [1.807, 2.05) is 26.0 Å². The van der Waals surface area contributed by atoms with Crippen LogP contribution >= 0.6 is 11.3 Å². The first-order chi connectivity index (χ1) is 11.4. The molecule has 0 N–H and O–H groups in total. The molecule has 1 aliphatic rings. The van der Waals surface area contributed by atoms with Crippen LogP contribution in [0.4, 0.5) is 0 Å². The van der Waals surface area contributed by atoms with E-state index in [1.54, 1.807) is 21.9 Å². The minimum Gasteiger partial charge on any atom is -0.335 e. The highest BCUT2D eigenvalue weighted by atomic mass is 32.2. The maximum atomic E-state index is 12.8. The molecule has 0 saturated carbocycles. The van der Waals surface area contributed by atoms with E-state index in [4.69, 9.17) is 0 Å². The van der Waals surface area contributed by atoms with Gasteiger partial charge < -0.3 is 4.90 Å². The number of sulfonamides is 1. The van der Waals surface area contributed by atoms with Gasteiger partial charge in [0.25, 0.3) is 5.91 Å². The van der Waals surface area contributed by atoms with Crippen LogP contribution in [0.3, 0.4) is 0 Å². The maximum Gasteiger partial charge on any atom is 0.273 e. The second-order valence-electron chi connectivity index (χ2n) is 5.84. The Kier molecular flexibility index (Phi) is 4.71. The maximum absolute atomic E-state index is 12.8. The Labute approximate surface area is 145 Å². The van der Waals surface area contributed by atoms with E-state index in [9.17, 15) is 13.2 Å². The summed E-state index contributed by atoms with van der Waals surface area (Å²) in [4.78, 5) is 18.3. The molecule has 0 aliphatic carbocycles. The summed E-state index contributed by atoms with van der Waals surface area (Å²) in [5.41, 5.74) is 3.82. The lowest BCUT2D eigenvalue weighted by molar-refractivity contribution is 0.0693. The summed E-state index contributed by atoms with van der Waals surface area (Å²) in [6.07, 6.45) is 0. The highest BCUT2D eigenvalue weighted by molar-refractivity contribution is 7.89. The van der Waals surface area contributed by atoms with Crippen LogP contribution in [-0.2, 0) is 10.0 Å². The first-order valence-corrected chi connectivity index (χ1v) is 10.0. The number of piperazine rings is 1. The highest BCUT2D eigenvalue weighted by Gasteiger charge is 2.31. The minimum atomic E-state index is -3.53. The van der Waals surface area contributed by atoms with Crippen LogP contribution in [0.2, 0.25) is 0 Å². The predicted molar refractivity (Wildman–Crippen MR) is 92.7 cm³/mol. The van der Waals surface area contributed by atoms with Gasteiger partial charge in [0.05, 0.1) is 10.4 Å². The lowest BCUT2D eigenvalue weighted by Crippen LogP contribution is -2.50. The summed E-state index contributed by atoms with van der Waals surface area (Å²) in [7, 11) is -3.53. The van der Waals surface area contributed by atoms with Gasteiger partial charge in [-0.1, -0.05) is 17.7 Å². The van der Waals surface area contributed by atoms with Gasteiger partial charge >= 0.3 is 0 Å². The summed E-state index contributed by atoms with van der Waals surface area (Å²) in [6, 6.07) is 5.34. The molecule has 8 heteroatoms. The Morgan fingerprint density at radius 3 is 2.46 bits per heavy atom. The van der Waals surface area contributed by atoms with Crippen molar-refractivity contribution in [3.05, 3.63) is 45.9 Å². The molecular formula is C16H19N3O3S2. The predicted octanol–water partition coefficient (Wildman–Crippen LogP) is 1.91. The van der Waals surface area contributed by atoms with E-state index in [0.717, 1.165) is 11.1 Å². The Balaban J connectivity index is 1.73. The van der Waals surface area contributed by atoms with Crippen molar-refractivity contribution in [1.29, 1.82) is 0 Å². The molecule has 2 aromatic rings. The second-order valence-corrected chi connectivity index (χ2v) is 8.46. The Hall–Kier alpha value is -1.77. The molecule has 0 radical (unpaired) electrons.